The first-order chi connectivity index (χ1) is 35.3. The second-order valence-electron chi connectivity index (χ2n) is 25.3. The maximum atomic E-state index is 2.56. The van der Waals surface area contributed by atoms with Crippen LogP contribution in [0, 0.1) is 0 Å². The summed E-state index contributed by atoms with van der Waals surface area (Å²) >= 11 is 0. The number of hydrogen-bond acceptors (Lipinski definition) is 0. The lowest BCUT2D eigenvalue weighted by Crippen LogP contribution is -2.17. The van der Waals surface area contributed by atoms with Crippen LogP contribution in [0.5, 0.6) is 0 Å². The fraction of sp³-hybridized carbons (Fsp3) is 0.216. The molecule has 1 aliphatic carbocycles. The van der Waals surface area contributed by atoms with Crippen molar-refractivity contribution in [3.05, 3.63) is 216 Å². The van der Waals surface area contributed by atoms with Gasteiger partial charge in [0.1, 0.15) is 0 Å². The standard InChI is InChI=1S/C74H68/c1-71(2,3)51-38-49(39-52(43-51)72(4,5)6)63-67-59-37-36-56(45-26-16-13-17-27-45)65-55-33-23-22-32-48(55)42-60(66(59)65)68(67)64(50-40-53(73(7,8)9)44-54(41-50)74(10,11)12)70-62(47-30-20-15-21-31-47)58-35-25-24-34-57(58)61(69(63)70)46-28-18-14-19-29-46/h13-44H,1-12H3. The SMILES string of the molecule is CC(C)(C)c1cc(-c2c3c(c(-c4cc(C(C)(C)C)cc(C(C)(C)C)c4)c4c(-c5ccccc5)c5ccccc5c(-c5ccccc5)c24)-c2cc4ccccc4c4c(-c5ccccc5)ccc-3c24)cc(C(C)(C)C)c1. The fourth-order valence-electron chi connectivity index (χ4n) is 12.1. The largest absolute Gasteiger partial charge is 0.0622 e. The molecule has 0 fully saturated rings. The Morgan fingerprint density at radius 1 is 0.216 bits per heavy atom. The third-order valence-corrected chi connectivity index (χ3v) is 16.1. The first kappa shape index (κ1) is 47.5. The molecule has 1 aliphatic rings. The molecule has 0 aliphatic heterocycles. The Morgan fingerprint density at radius 2 is 0.568 bits per heavy atom. The van der Waals surface area contributed by atoms with Gasteiger partial charge in [-0.2, -0.15) is 0 Å². The summed E-state index contributed by atoms with van der Waals surface area (Å²) in [6, 6.07) is 74.8. The minimum Gasteiger partial charge on any atom is -0.0622 e. The lowest BCUT2D eigenvalue weighted by atomic mass is 9.73. The molecule has 0 atom stereocenters. The molecule has 0 spiro atoms. The summed E-state index contributed by atoms with van der Waals surface area (Å²) in [5.41, 5.74) is 22.8. The van der Waals surface area contributed by atoms with Crippen LogP contribution in [-0.4, -0.2) is 0 Å². The topological polar surface area (TPSA) is 0 Å². The number of rotatable bonds is 5. The highest BCUT2D eigenvalue weighted by molar-refractivity contribution is 6.37. The zero-order valence-corrected chi connectivity index (χ0v) is 45.5. The third kappa shape index (κ3) is 7.71. The summed E-state index contributed by atoms with van der Waals surface area (Å²) in [4.78, 5) is 0. The van der Waals surface area contributed by atoms with Crippen LogP contribution in [0.1, 0.15) is 105 Å². The lowest BCUT2D eigenvalue weighted by Gasteiger charge is -2.30. The van der Waals surface area contributed by atoms with Crippen molar-refractivity contribution < 1.29 is 0 Å². The Balaban J connectivity index is 1.46. The Hall–Kier alpha value is -7.54. The van der Waals surface area contributed by atoms with Crippen LogP contribution in [-0.2, 0) is 21.7 Å². The van der Waals surface area contributed by atoms with E-state index < -0.39 is 0 Å². The van der Waals surface area contributed by atoms with E-state index in [1.54, 1.807) is 0 Å². The van der Waals surface area contributed by atoms with Crippen molar-refractivity contribution in [3.63, 3.8) is 0 Å². The third-order valence-electron chi connectivity index (χ3n) is 16.1. The van der Waals surface area contributed by atoms with Crippen molar-refractivity contribution in [2.45, 2.75) is 105 Å². The lowest BCUT2D eigenvalue weighted by molar-refractivity contribution is 0.568. The summed E-state index contributed by atoms with van der Waals surface area (Å²) in [7, 11) is 0. The molecule has 11 aromatic rings. The van der Waals surface area contributed by atoms with Crippen molar-refractivity contribution in [2.75, 3.05) is 0 Å². The highest BCUT2D eigenvalue weighted by atomic mass is 14.4. The minimum absolute atomic E-state index is 0.110. The molecular weight excluding hydrogens is 889 g/mol. The van der Waals surface area contributed by atoms with Crippen LogP contribution < -0.4 is 0 Å². The van der Waals surface area contributed by atoms with Crippen LogP contribution in [0.4, 0.5) is 0 Å². The van der Waals surface area contributed by atoms with Gasteiger partial charge in [-0.15, -0.1) is 0 Å². The van der Waals surface area contributed by atoms with E-state index in [0.29, 0.717) is 0 Å². The average Bonchev–Trinajstić information content (AvgIpc) is 3.70. The summed E-state index contributed by atoms with van der Waals surface area (Å²) in [5, 5.41) is 10.3. The molecule has 0 heterocycles. The van der Waals surface area contributed by atoms with E-state index in [4.69, 9.17) is 0 Å². The van der Waals surface area contributed by atoms with Gasteiger partial charge in [0.15, 0.2) is 0 Å². The van der Waals surface area contributed by atoms with Gasteiger partial charge < -0.3 is 0 Å². The Kier molecular flexibility index (Phi) is 10.9. The first-order valence-electron chi connectivity index (χ1n) is 26.8. The maximum Gasteiger partial charge on any atom is -0.000116 e. The molecule has 0 saturated carbocycles. The summed E-state index contributed by atoms with van der Waals surface area (Å²) in [6.45, 7) is 28.5. The van der Waals surface area contributed by atoms with Gasteiger partial charge in [0.05, 0.1) is 0 Å². The van der Waals surface area contributed by atoms with Gasteiger partial charge in [-0.25, -0.2) is 0 Å². The second kappa shape index (κ2) is 17.0. The van der Waals surface area contributed by atoms with E-state index in [1.807, 2.05) is 0 Å². The molecule has 0 unspecified atom stereocenters. The monoisotopic (exact) mass is 957 g/mol. The number of benzene rings is 11. The molecular formula is C74H68. The minimum atomic E-state index is -0.112. The summed E-state index contributed by atoms with van der Waals surface area (Å²) in [5.74, 6) is 0. The van der Waals surface area contributed by atoms with Crippen molar-refractivity contribution in [2.24, 2.45) is 0 Å². The quantitative estimate of drug-likeness (QED) is 0.119. The van der Waals surface area contributed by atoms with Crippen LogP contribution >= 0.6 is 0 Å². The zero-order valence-electron chi connectivity index (χ0n) is 45.5. The van der Waals surface area contributed by atoms with Crippen LogP contribution in [0.2, 0.25) is 0 Å². The van der Waals surface area contributed by atoms with Crippen molar-refractivity contribution in [1.82, 2.24) is 0 Å². The predicted octanol–water partition coefficient (Wildman–Crippen LogP) is 21.5. The highest BCUT2D eigenvalue weighted by Crippen LogP contribution is 2.63. The van der Waals surface area contributed by atoms with Crippen molar-refractivity contribution in [1.29, 1.82) is 0 Å². The van der Waals surface area contributed by atoms with E-state index in [9.17, 15) is 0 Å². The summed E-state index contributed by atoms with van der Waals surface area (Å²) < 4.78 is 0. The molecule has 74 heavy (non-hydrogen) atoms. The average molecular weight is 957 g/mol. The zero-order chi connectivity index (χ0) is 51.6. The maximum absolute atomic E-state index is 2.56. The Labute approximate surface area is 439 Å². The molecule has 0 N–H and O–H groups in total. The van der Waals surface area contributed by atoms with E-state index >= 15 is 0 Å². The molecule has 0 heteroatoms. The van der Waals surface area contributed by atoms with E-state index in [1.165, 1.54) is 143 Å². The van der Waals surface area contributed by atoms with Gasteiger partial charge in [-0.3, -0.25) is 0 Å². The molecule has 364 valence electrons. The molecule has 12 rings (SSSR count). The molecule has 0 bridgehead atoms. The summed E-state index contributed by atoms with van der Waals surface area (Å²) in [6.07, 6.45) is 0. The van der Waals surface area contributed by atoms with Gasteiger partial charge in [0, 0.05) is 0 Å². The van der Waals surface area contributed by atoms with Crippen LogP contribution in [0.15, 0.2) is 194 Å². The van der Waals surface area contributed by atoms with Gasteiger partial charge in [-0.05, 0) is 171 Å². The van der Waals surface area contributed by atoms with Crippen molar-refractivity contribution >= 4 is 43.1 Å². The van der Waals surface area contributed by atoms with Crippen molar-refractivity contribution in [3.8, 4) is 77.9 Å². The second-order valence-corrected chi connectivity index (χ2v) is 25.3. The Morgan fingerprint density at radius 3 is 0.986 bits per heavy atom. The first-order valence-corrected chi connectivity index (χ1v) is 26.8. The molecule has 0 radical (unpaired) electrons. The number of fused-ring (bicyclic) bond motifs is 7. The predicted molar refractivity (Wildman–Crippen MR) is 323 cm³/mol. The normalized spacial score (nSPS) is 12.9. The van der Waals surface area contributed by atoms with E-state index in [2.05, 4.69) is 277 Å². The van der Waals surface area contributed by atoms with Crippen LogP contribution in [0.25, 0.3) is 121 Å². The smallest absolute Gasteiger partial charge is 0.000116 e. The fourth-order valence-corrected chi connectivity index (χ4v) is 12.1. The van der Waals surface area contributed by atoms with Gasteiger partial charge >= 0.3 is 0 Å². The number of hydrogen-bond donors (Lipinski definition) is 0. The van der Waals surface area contributed by atoms with Gasteiger partial charge in [0.25, 0.3) is 0 Å². The Bertz CT molecular complexity index is 3980. The van der Waals surface area contributed by atoms with Gasteiger partial charge in [-0.1, -0.05) is 271 Å². The highest BCUT2D eigenvalue weighted by Gasteiger charge is 2.37. The molecule has 0 nitrogen and oxygen atoms in total. The molecule has 0 saturated heterocycles. The molecule has 0 aromatic heterocycles. The van der Waals surface area contributed by atoms with E-state index in [-0.39, 0.29) is 21.7 Å². The van der Waals surface area contributed by atoms with Crippen LogP contribution in [0.3, 0.4) is 0 Å². The van der Waals surface area contributed by atoms with Gasteiger partial charge in [0.2, 0.25) is 0 Å². The molecule has 11 aromatic carbocycles. The van der Waals surface area contributed by atoms with E-state index in [0.717, 1.165) is 0 Å². The molecule has 0 amide bonds.